The van der Waals surface area contributed by atoms with Crippen LogP contribution >= 0.6 is 0 Å². The Hall–Kier alpha value is -1.84. The zero-order chi connectivity index (χ0) is 16.7. The minimum absolute atomic E-state index is 0.0260. The lowest BCUT2D eigenvalue weighted by Gasteiger charge is -2.14. The Balaban J connectivity index is 2.67. The molecular formula is C18H28N2O2. The first-order valence-electron chi connectivity index (χ1n) is 7.93. The lowest BCUT2D eigenvalue weighted by molar-refractivity contribution is -0.123. The molecule has 0 spiro atoms. The average Bonchev–Trinajstić information content (AvgIpc) is 2.45. The van der Waals surface area contributed by atoms with Crippen LogP contribution in [0.25, 0.3) is 0 Å². The van der Waals surface area contributed by atoms with Crippen molar-refractivity contribution in [3.05, 3.63) is 29.3 Å². The van der Waals surface area contributed by atoms with Gasteiger partial charge in [-0.05, 0) is 42.4 Å². The fraction of sp³-hybridized carbons (Fsp3) is 0.556. The molecule has 22 heavy (non-hydrogen) atoms. The second-order valence-corrected chi connectivity index (χ2v) is 6.13. The zero-order valence-electron chi connectivity index (χ0n) is 14.6. The maximum atomic E-state index is 11.9. The number of nitrogens with zero attached hydrogens (tertiary/aromatic N) is 1. The van der Waals surface area contributed by atoms with Gasteiger partial charge in [0.25, 0.3) is 5.91 Å². The molecule has 0 aliphatic rings. The molecule has 1 aromatic carbocycles. The number of hydrazone groups is 1. The summed E-state index contributed by atoms with van der Waals surface area (Å²) in [6.45, 7) is 12.4. The van der Waals surface area contributed by atoms with Crippen LogP contribution in [-0.2, 0) is 4.79 Å². The first kappa shape index (κ1) is 18.2. The van der Waals surface area contributed by atoms with Crippen LogP contribution in [0.5, 0.6) is 5.75 Å². The lowest BCUT2D eigenvalue weighted by atomic mass is 10.0. The quantitative estimate of drug-likeness (QED) is 0.610. The van der Waals surface area contributed by atoms with Crippen LogP contribution in [0.15, 0.2) is 23.3 Å². The molecule has 0 aliphatic carbocycles. The highest BCUT2D eigenvalue weighted by Gasteiger charge is 2.10. The van der Waals surface area contributed by atoms with E-state index in [1.54, 1.807) is 0 Å². The Labute approximate surface area is 134 Å². The molecule has 1 amide bonds. The molecule has 0 heterocycles. The highest BCUT2D eigenvalue weighted by molar-refractivity contribution is 5.87. The summed E-state index contributed by atoms with van der Waals surface area (Å²) >= 11 is 0. The summed E-state index contributed by atoms with van der Waals surface area (Å²) in [4.78, 5) is 11.9. The van der Waals surface area contributed by atoms with Gasteiger partial charge in [-0.1, -0.05) is 46.8 Å². The molecule has 4 nitrogen and oxygen atoms in total. The second-order valence-electron chi connectivity index (χ2n) is 6.13. The predicted octanol–water partition coefficient (Wildman–Crippen LogP) is 4.04. The van der Waals surface area contributed by atoms with E-state index >= 15 is 0 Å². The summed E-state index contributed by atoms with van der Waals surface area (Å²) < 4.78 is 5.69. The molecule has 0 saturated carbocycles. The van der Waals surface area contributed by atoms with Gasteiger partial charge in [0, 0.05) is 5.71 Å². The molecule has 0 saturated heterocycles. The highest BCUT2D eigenvalue weighted by atomic mass is 16.5. The van der Waals surface area contributed by atoms with Gasteiger partial charge in [0.05, 0.1) is 0 Å². The molecule has 0 bridgehead atoms. The number of hydrogen-bond donors (Lipinski definition) is 1. The van der Waals surface area contributed by atoms with Crippen LogP contribution in [0.1, 0.15) is 58.1 Å². The van der Waals surface area contributed by atoms with E-state index in [0.29, 0.717) is 11.8 Å². The fourth-order valence-electron chi connectivity index (χ4n) is 2.17. The normalized spacial score (nSPS) is 11.9. The van der Waals surface area contributed by atoms with E-state index < -0.39 is 0 Å². The van der Waals surface area contributed by atoms with Crippen molar-refractivity contribution in [2.75, 3.05) is 6.61 Å². The van der Waals surface area contributed by atoms with E-state index in [0.717, 1.165) is 29.0 Å². The molecular weight excluding hydrogens is 276 g/mol. The van der Waals surface area contributed by atoms with Crippen LogP contribution in [0.4, 0.5) is 0 Å². The molecule has 0 radical (unpaired) electrons. The third-order valence-corrected chi connectivity index (χ3v) is 3.50. The van der Waals surface area contributed by atoms with Crippen LogP contribution in [-0.4, -0.2) is 18.2 Å². The van der Waals surface area contributed by atoms with Crippen LogP contribution in [0, 0.1) is 12.8 Å². The SMILES string of the molecule is CC/C(=N/NC(=O)COc1cc(C)ccc1C(C)C)C(C)C. The number of benzene rings is 1. The van der Waals surface area contributed by atoms with Crippen molar-refractivity contribution in [3.63, 3.8) is 0 Å². The van der Waals surface area contributed by atoms with E-state index in [9.17, 15) is 4.79 Å². The molecule has 1 aromatic rings. The number of carbonyl (C=O) groups is 1. The first-order valence-corrected chi connectivity index (χ1v) is 7.93. The number of aryl methyl sites for hydroxylation is 1. The molecule has 0 aliphatic heterocycles. The number of carbonyl (C=O) groups excluding carboxylic acids is 1. The van der Waals surface area contributed by atoms with Gasteiger partial charge in [-0.15, -0.1) is 0 Å². The van der Waals surface area contributed by atoms with Crippen molar-refractivity contribution < 1.29 is 9.53 Å². The minimum atomic E-state index is -0.234. The molecule has 0 aromatic heterocycles. The summed E-state index contributed by atoms with van der Waals surface area (Å²) in [5.41, 5.74) is 5.78. The van der Waals surface area contributed by atoms with E-state index in [1.165, 1.54) is 0 Å². The first-order chi connectivity index (χ1) is 10.3. The topological polar surface area (TPSA) is 50.7 Å². The Kier molecular flexibility index (Phi) is 7.09. The van der Waals surface area contributed by atoms with Crippen molar-refractivity contribution in [2.24, 2.45) is 11.0 Å². The predicted molar refractivity (Wildman–Crippen MR) is 91.5 cm³/mol. The van der Waals surface area contributed by atoms with Gasteiger partial charge in [0.15, 0.2) is 6.61 Å². The highest BCUT2D eigenvalue weighted by Crippen LogP contribution is 2.27. The van der Waals surface area contributed by atoms with E-state index in [-0.39, 0.29) is 12.5 Å². The Morgan fingerprint density at radius 3 is 2.50 bits per heavy atom. The number of nitrogens with one attached hydrogen (secondary N) is 1. The van der Waals surface area contributed by atoms with Gasteiger partial charge in [-0.2, -0.15) is 5.10 Å². The van der Waals surface area contributed by atoms with E-state index in [1.807, 2.05) is 19.9 Å². The number of amides is 1. The monoisotopic (exact) mass is 304 g/mol. The molecule has 0 fully saturated rings. The Morgan fingerprint density at radius 1 is 1.27 bits per heavy atom. The maximum absolute atomic E-state index is 11.9. The van der Waals surface area contributed by atoms with Gasteiger partial charge < -0.3 is 4.74 Å². The van der Waals surface area contributed by atoms with Crippen molar-refractivity contribution in [3.8, 4) is 5.75 Å². The Morgan fingerprint density at radius 2 is 1.95 bits per heavy atom. The minimum Gasteiger partial charge on any atom is -0.483 e. The van der Waals surface area contributed by atoms with Gasteiger partial charge in [0.2, 0.25) is 0 Å². The van der Waals surface area contributed by atoms with Gasteiger partial charge in [0.1, 0.15) is 5.75 Å². The molecule has 0 unspecified atom stereocenters. The number of rotatable bonds is 7. The smallest absolute Gasteiger partial charge is 0.277 e. The van der Waals surface area contributed by atoms with E-state index in [2.05, 4.69) is 50.4 Å². The van der Waals surface area contributed by atoms with Gasteiger partial charge >= 0.3 is 0 Å². The molecule has 122 valence electrons. The lowest BCUT2D eigenvalue weighted by Crippen LogP contribution is -2.27. The van der Waals surface area contributed by atoms with Crippen LogP contribution in [0.2, 0.25) is 0 Å². The summed E-state index contributed by atoms with van der Waals surface area (Å²) in [6.07, 6.45) is 0.828. The largest absolute Gasteiger partial charge is 0.483 e. The van der Waals surface area contributed by atoms with Gasteiger partial charge in [-0.3, -0.25) is 4.79 Å². The van der Waals surface area contributed by atoms with Crippen LogP contribution in [0.3, 0.4) is 0 Å². The maximum Gasteiger partial charge on any atom is 0.277 e. The van der Waals surface area contributed by atoms with Crippen molar-refractivity contribution in [1.29, 1.82) is 0 Å². The van der Waals surface area contributed by atoms with Crippen molar-refractivity contribution in [2.45, 2.75) is 53.9 Å². The Bertz CT molecular complexity index is 534. The molecule has 4 heteroatoms. The standard InChI is InChI=1S/C18H28N2O2/c1-7-16(13(4)5)19-20-18(21)11-22-17-10-14(6)8-9-15(17)12(2)3/h8-10,12-13H,7,11H2,1-6H3,(H,20,21)/b19-16-. The summed E-state index contributed by atoms with van der Waals surface area (Å²) in [5, 5.41) is 4.17. The van der Waals surface area contributed by atoms with Gasteiger partial charge in [-0.25, -0.2) is 5.43 Å². The fourth-order valence-corrected chi connectivity index (χ4v) is 2.17. The molecule has 0 atom stereocenters. The molecule has 1 N–H and O–H groups in total. The number of ether oxygens (including phenoxy) is 1. The van der Waals surface area contributed by atoms with Crippen LogP contribution < -0.4 is 10.2 Å². The summed E-state index contributed by atoms with van der Waals surface area (Å²) in [5.74, 6) is 1.22. The summed E-state index contributed by atoms with van der Waals surface area (Å²) in [7, 11) is 0. The van der Waals surface area contributed by atoms with Crippen molar-refractivity contribution in [1.82, 2.24) is 5.43 Å². The number of hydrogen-bond acceptors (Lipinski definition) is 3. The average molecular weight is 304 g/mol. The third-order valence-electron chi connectivity index (χ3n) is 3.50. The van der Waals surface area contributed by atoms with Crippen molar-refractivity contribution >= 4 is 11.6 Å². The second kappa shape index (κ2) is 8.57. The third kappa shape index (κ3) is 5.51. The molecule has 1 rings (SSSR count). The van der Waals surface area contributed by atoms with E-state index in [4.69, 9.17) is 4.74 Å². The zero-order valence-corrected chi connectivity index (χ0v) is 14.6. The summed E-state index contributed by atoms with van der Waals surface area (Å²) in [6, 6.07) is 6.08.